The molecule has 0 saturated carbocycles. The summed E-state index contributed by atoms with van der Waals surface area (Å²) in [5.41, 5.74) is 0.418. The van der Waals surface area contributed by atoms with Gasteiger partial charge in [0.1, 0.15) is 5.76 Å². The minimum atomic E-state index is -0.964. The Bertz CT molecular complexity index is 916. The Labute approximate surface area is 155 Å². The van der Waals surface area contributed by atoms with E-state index in [4.69, 9.17) is 9.15 Å². The third-order valence-electron chi connectivity index (χ3n) is 4.17. The molecule has 2 heterocycles. The third kappa shape index (κ3) is 3.46. The van der Waals surface area contributed by atoms with Crippen LogP contribution in [-0.2, 0) is 16.1 Å². The minimum Gasteiger partial charge on any atom is -0.467 e. The van der Waals surface area contributed by atoms with Gasteiger partial charge >= 0.3 is 5.97 Å². The highest BCUT2D eigenvalue weighted by Crippen LogP contribution is 2.26. The number of ether oxygens (including phenoxy) is 1. The predicted octanol–water partition coefficient (Wildman–Crippen LogP) is 1.71. The lowest BCUT2D eigenvalue weighted by atomic mass is 10.1. The van der Waals surface area contributed by atoms with Crippen molar-refractivity contribution >= 4 is 23.7 Å². The van der Waals surface area contributed by atoms with Crippen molar-refractivity contribution in [3.8, 4) is 0 Å². The summed E-state index contributed by atoms with van der Waals surface area (Å²) in [5.74, 6) is -1.60. The second-order valence-corrected chi connectivity index (χ2v) is 6.32. The molecule has 0 spiro atoms. The Morgan fingerprint density at radius 1 is 1.15 bits per heavy atom. The molecular weight excluding hydrogens is 352 g/mol. The Morgan fingerprint density at radius 3 is 2.48 bits per heavy atom. The van der Waals surface area contributed by atoms with Crippen LogP contribution in [0.15, 0.2) is 41.0 Å². The fraction of sp³-hybridized carbons (Fsp3) is 0.263. The van der Waals surface area contributed by atoms with Crippen molar-refractivity contribution in [1.29, 1.82) is 0 Å². The van der Waals surface area contributed by atoms with Gasteiger partial charge in [-0.05, 0) is 37.3 Å². The van der Waals surface area contributed by atoms with Gasteiger partial charge in [-0.1, -0.05) is 0 Å². The van der Waals surface area contributed by atoms with E-state index >= 15 is 0 Å². The number of fused-ring (bicyclic) bond motifs is 1. The first-order valence-corrected chi connectivity index (χ1v) is 8.24. The summed E-state index contributed by atoms with van der Waals surface area (Å²) in [6.07, 6.45) is 0.492. The van der Waals surface area contributed by atoms with Crippen LogP contribution in [0.5, 0.6) is 0 Å². The summed E-state index contributed by atoms with van der Waals surface area (Å²) in [4.78, 5) is 51.5. The molecule has 0 fully saturated rings. The van der Waals surface area contributed by atoms with Crippen molar-refractivity contribution in [3.63, 3.8) is 0 Å². The van der Waals surface area contributed by atoms with Crippen LogP contribution in [0, 0.1) is 0 Å². The zero-order valence-electron chi connectivity index (χ0n) is 15.1. The largest absolute Gasteiger partial charge is 0.467 e. The van der Waals surface area contributed by atoms with E-state index in [2.05, 4.69) is 0 Å². The summed E-state index contributed by atoms with van der Waals surface area (Å²) in [6.45, 7) is 1.47. The number of furan rings is 1. The Balaban J connectivity index is 1.79. The fourth-order valence-electron chi connectivity index (χ4n) is 2.76. The number of nitrogens with zero attached hydrogens (tertiary/aromatic N) is 2. The number of carbonyl (C=O) groups is 4. The molecule has 0 bridgehead atoms. The number of imide groups is 1. The van der Waals surface area contributed by atoms with Gasteiger partial charge in [0.2, 0.25) is 0 Å². The Morgan fingerprint density at radius 2 is 1.85 bits per heavy atom. The van der Waals surface area contributed by atoms with Gasteiger partial charge < -0.3 is 14.1 Å². The zero-order chi connectivity index (χ0) is 19.7. The topological polar surface area (TPSA) is 97.1 Å². The highest BCUT2D eigenvalue weighted by Gasteiger charge is 2.36. The van der Waals surface area contributed by atoms with Gasteiger partial charge in [0.15, 0.2) is 6.10 Å². The Hall–Kier alpha value is -3.42. The molecule has 8 heteroatoms. The van der Waals surface area contributed by atoms with E-state index in [1.165, 1.54) is 36.3 Å². The lowest BCUT2D eigenvalue weighted by Crippen LogP contribution is -2.34. The Kier molecular flexibility index (Phi) is 4.81. The second-order valence-electron chi connectivity index (χ2n) is 6.32. The van der Waals surface area contributed by atoms with E-state index in [0.29, 0.717) is 5.76 Å². The van der Waals surface area contributed by atoms with Crippen molar-refractivity contribution in [2.75, 3.05) is 14.1 Å². The summed E-state index contributed by atoms with van der Waals surface area (Å²) in [6, 6.07) is 7.45. The van der Waals surface area contributed by atoms with Crippen LogP contribution in [0.3, 0.4) is 0 Å². The first kappa shape index (κ1) is 18.4. The van der Waals surface area contributed by atoms with E-state index in [1.54, 1.807) is 26.2 Å². The molecule has 0 radical (unpaired) electrons. The van der Waals surface area contributed by atoms with Crippen LogP contribution in [-0.4, -0.2) is 53.7 Å². The van der Waals surface area contributed by atoms with E-state index in [1.807, 2.05) is 0 Å². The summed E-state index contributed by atoms with van der Waals surface area (Å²) >= 11 is 0. The smallest absolute Gasteiger partial charge is 0.338 e. The zero-order valence-corrected chi connectivity index (χ0v) is 15.1. The van der Waals surface area contributed by atoms with Crippen LogP contribution in [0.4, 0.5) is 0 Å². The summed E-state index contributed by atoms with van der Waals surface area (Å²) in [7, 11) is 3.11. The molecule has 0 N–H and O–H groups in total. The molecule has 140 valence electrons. The fourth-order valence-corrected chi connectivity index (χ4v) is 2.76. The van der Waals surface area contributed by atoms with Crippen LogP contribution in [0.25, 0.3) is 0 Å². The van der Waals surface area contributed by atoms with Crippen molar-refractivity contribution in [3.05, 3.63) is 59.0 Å². The maximum Gasteiger partial charge on any atom is 0.338 e. The van der Waals surface area contributed by atoms with E-state index in [9.17, 15) is 19.2 Å². The molecule has 27 heavy (non-hydrogen) atoms. The molecule has 1 aromatic heterocycles. The first-order valence-electron chi connectivity index (χ1n) is 8.24. The monoisotopic (exact) mass is 370 g/mol. The molecular formula is C19H18N2O6. The SMILES string of the molecule is CC(OC(=O)c1ccc2c(c1)C(=O)N(Cc1ccco1)C2=O)C(=O)N(C)C. The normalized spacial score (nSPS) is 14.1. The number of carbonyl (C=O) groups excluding carboxylic acids is 4. The predicted molar refractivity (Wildman–Crippen MR) is 92.9 cm³/mol. The van der Waals surface area contributed by atoms with Gasteiger partial charge in [-0.25, -0.2) is 4.79 Å². The molecule has 8 nitrogen and oxygen atoms in total. The summed E-state index contributed by atoms with van der Waals surface area (Å²) < 4.78 is 10.3. The molecule has 1 aliphatic heterocycles. The molecule has 1 aliphatic rings. The van der Waals surface area contributed by atoms with Crippen LogP contribution < -0.4 is 0 Å². The number of rotatable bonds is 5. The van der Waals surface area contributed by atoms with Crippen molar-refractivity contribution < 1.29 is 28.3 Å². The highest BCUT2D eigenvalue weighted by molar-refractivity contribution is 6.21. The number of amides is 3. The number of likely N-dealkylation sites (N-methyl/N-ethyl adjacent to an activating group) is 1. The van der Waals surface area contributed by atoms with Gasteiger partial charge in [-0.3, -0.25) is 19.3 Å². The lowest BCUT2D eigenvalue weighted by molar-refractivity contribution is -0.137. The first-order chi connectivity index (χ1) is 12.8. The van der Waals surface area contributed by atoms with Gasteiger partial charge in [0.25, 0.3) is 17.7 Å². The number of hydrogen-bond donors (Lipinski definition) is 0. The van der Waals surface area contributed by atoms with Crippen molar-refractivity contribution in [2.45, 2.75) is 19.6 Å². The van der Waals surface area contributed by atoms with Crippen LogP contribution in [0.1, 0.15) is 43.8 Å². The van der Waals surface area contributed by atoms with Gasteiger partial charge in [-0.15, -0.1) is 0 Å². The quantitative estimate of drug-likeness (QED) is 0.587. The average molecular weight is 370 g/mol. The van der Waals surface area contributed by atoms with Crippen molar-refractivity contribution in [2.24, 2.45) is 0 Å². The molecule has 3 amide bonds. The minimum absolute atomic E-state index is 0.00744. The van der Waals surface area contributed by atoms with Gasteiger partial charge in [0, 0.05) is 14.1 Å². The lowest BCUT2D eigenvalue weighted by Gasteiger charge is -2.17. The summed E-state index contributed by atoms with van der Waals surface area (Å²) in [5, 5.41) is 0. The number of hydrogen-bond acceptors (Lipinski definition) is 6. The second kappa shape index (κ2) is 7.06. The molecule has 1 unspecified atom stereocenters. The maximum absolute atomic E-state index is 12.6. The molecule has 2 aromatic rings. The van der Waals surface area contributed by atoms with Crippen LogP contribution >= 0.6 is 0 Å². The van der Waals surface area contributed by atoms with E-state index in [0.717, 1.165) is 4.90 Å². The maximum atomic E-state index is 12.6. The van der Waals surface area contributed by atoms with Crippen LogP contribution in [0.2, 0.25) is 0 Å². The molecule has 0 aliphatic carbocycles. The number of benzene rings is 1. The molecule has 1 atom stereocenters. The highest BCUT2D eigenvalue weighted by atomic mass is 16.5. The average Bonchev–Trinajstić information content (AvgIpc) is 3.23. The number of esters is 1. The van der Waals surface area contributed by atoms with Gasteiger partial charge in [-0.2, -0.15) is 0 Å². The van der Waals surface area contributed by atoms with Gasteiger partial charge in [0.05, 0.1) is 29.5 Å². The van der Waals surface area contributed by atoms with E-state index in [-0.39, 0.29) is 29.1 Å². The standard InChI is InChI=1S/C19H18N2O6/c1-11(16(22)20(2)3)27-19(25)12-6-7-14-15(9-12)18(24)21(17(14)23)10-13-5-4-8-26-13/h4-9,11H,10H2,1-3H3. The molecule has 0 saturated heterocycles. The van der Waals surface area contributed by atoms with E-state index < -0.39 is 23.9 Å². The van der Waals surface area contributed by atoms with Crippen molar-refractivity contribution in [1.82, 2.24) is 9.80 Å². The molecule has 1 aromatic carbocycles. The third-order valence-corrected chi connectivity index (χ3v) is 4.17. The molecule has 3 rings (SSSR count).